The van der Waals surface area contributed by atoms with Gasteiger partial charge in [0.2, 0.25) is 0 Å². The van der Waals surface area contributed by atoms with Gasteiger partial charge in [0.1, 0.15) is 5.82 Å². The first-order valence-corrected chi connectivity index (χ1v) is 7.34. The predicted molar refractivity (Wildman–Crippen MR) is 74.6 cm³/mol. The molecular formula is C15H25N3. The number of hydrogen-bond acceptors (Lipinski definition) is 3. The summed E-state index contributed by atoms with van der Waals surface area (Å²) in [7, 11) is 0. The van der Waals surface area contributed by atoms with Crippen LogP contribution < -0.4 is 5.32 Å². The molecule has 1 aromatic heterocycles. The molecule has 1 heterocycles. The average Bonchev–Trinajstić information content (AvgIpc) is 2.64. The first-order chi connectivity index (χ1) is 8.79. The van der Waals surface area contributed by atoms with Gasteiger partial charge in [-0.05, 0) is 32.4 Å². The highest BCUT2D eigenvalue weighted by atomic mass is 14.9. The SMILES string of the molecule is CCNCc1cc(C)nc(C2CCCCCC2)n1. The third-order valence-electron chi connectivity index (χ3n) is 3.70. The van der Waals surface area contributed by atoms with Crippen molar-refractivity contribution in [1.29, 1.82) is 0 Å². The fourth-order valence-corrected chi connectivity index (χ4v) is 2.72. The van der Waals surface area contributed by atoms with E-state index in [9.17, 15) is 0 Å². The van der Waals surface area contributed by atoms with Crippen LogP contribution in [0.15, 0.2) is 6.07 Å². The summed E-state index contributed by atoms with van der Waals surface area (Å²) in [6.07, 6.45) is 7.97. The standard InChI is InChI=1S/C15H25N3/c1-3-16-11-14-10-12(2)17-15(18-14)13-8-6-4-5-7-9-13/h10,13,16H,3-9,11H2,1-2H3. The van der Waals surface area contributed by atoms with E-state index in [4.69, 9.17) is 4.98 Å². The lowest BCUT2D eigenvalue weighted by molar-refractivity contribution is 0.552. The van der Waals surface area contributed by atoms with E-state index in [2.05, 4.69) is 30.2 Å². The fraction of sp³-hybridized carbons (Fsp3) is 0.733. The molecule has 0 bridgehead atoms. The monoisotopic (exact) mass is 247 g/mol. The number of aryl methyl sites for hydroxylation is 1. The van der Waals surface area contributed by atoms with E-state index in [1.807, 2.05) is 0 Å². The van der Waals surface area contributed by atoms with Crippen LogP contribution in [-0.4, -0.2) is 16.5 Å². The molecule has 1 aliphatic carbocycles. The van der Waals surface area contributed by atoms with Crippen molar-refractivity contribution in [3.05, 3.63) is 23.3 Å². The molecule has 0 spiro atoms. The normalized spacial score (nSPS) is 17.7. The van der Waals surface area contributed by atoms with E-state index >= 15 is 0 Å². The number of aromatic nitrogens is 2. The highest BCUT2D eigenvalue weighted by molar-refractivity contribution is 5.12. The molecule has 0 amide bonds. The molecule has 1 N–H and O–H groups in total. The molecule has 100 valence electrons. The molecule has 1 aliphatic rings. The first-order valence-electron chi connectivity index (χ1n) is 7.34. The Hall–Kier alpha value is -0.960. The average molecular weight is 247 g/mol. The molecule has 3 heteroatoms. The lowest BCUT2D eigenvalue weighted by Crippen LogP contribution is -2.15. The van der Waals surface area contributed by atoms with Gasteiger partial charge in [0.15, 0.2) is 0 Å². The maximum atomic E-state index is 4.76. The minimum Gasteiger partial charge on any atom is -0.311 e. The summed E-state index contributed by atoms with van der Waals surface area (Å²) in [5.41, 5.74) is 2.25. The van der Waals surface area contributed by atoms with Crippen molar-refractivity contribution in [1.82, 2.24) is 15.3 Å². The maximum Gasteiger partial charge on any atom is 0.131 e. The number of nitrogens with zero attached hydrogens (tertiary/aromatic N) is 2. The highest BCUT2D eigenvalue weighted by Crippen LogP contribution is 2.29. The second-order valence-electron chi connectivity index (χ2n) is 5.33. The zero-order valence-corrected chi connectivity index (χ0v) is 11.7. The highest BCUT2D eigenvalue weighted by Gasteiger charge is 2.17. The van der Waals surface area contributed by atoms with Crippen molar-refractivity contribution in [2.24, 2.45) is 0 Å². The molecular weight excluding hydrogens is 222 g/mol. The van der Waals surface area contributed by atoms with Gasteiger partial charge >= 0.3 is 0 Å². The Kier molecular flexibility index (Phi) is 5.12. The lowest BCUT2D eigenvalue weighted by atomic mass is 9.99. The van der Waals surface area contributed by atoms with Crippen molar-refractivity contribution < 1.29 is 0 Å². The van der Waals surface area contributed by atoms with Gasteiger partial charge in [0, 0.05) is 18.2 Å². The smallest absolute Gasteiger partial charge is 0.131 e. The summed E-state index contributed by atoms with van der Waals surface area (Å²) in [5.74, 6) is 1.68. The van der Waals surface area contributed by atoms with Crippen LogP contribution in [0.2, 0.25) is 0 Å². The largest absolute Gasteiger partial charge is 0.311 e. The van der Waals surface area contributed by atoms with Gasteiger partial charge < -0.3 is 5.32 Å². The summed E-state index contributed by atoms with van der Waals surface area (Å²) in [6, 6.07) is 2.10. The van der Waals surface area contributed by atoms with Gasteiger partial charge in [-0.1, -0.05) is 32.6 Å². The van der Waals surface area contributed by atoms with Crippen LogP contribution in [0.25, 0.3) is 0 Å². The van der Waals surface area contributed by atoms with Crippen molar-refractivity contribution >= 4 is 0 Å². The van der Waals surface area contributed by atoms with Crippen molar-refractivity contribution in [2.45, 2.75) is 64.8 Å². The van der Waals surface area contributed by atoms with E-state index in [1.54, 1.807) is 0 Å². The molecule has 0 saturated heterocycles. The van der Waals surface area contributed by atoms with E-state index in [0.717, 1.165) is 30.3 Å². The van der Waals surface area contributed by atoms with Crippen LogP contribution >= 0.6 is 0 Å². The summed E-state index contributed by atoms with van der Waals surface area (Å²) in [5, 5.41) is 3.34. The summed E-state index contributed by atoms with van der Waals surface area (Å²) in [4.78, 5) is 9.43. The second kappa shape index (κ2) is 6.83. The molecule has 18 heavy (non-hydrogen) atoms. The Balaban J connectivity index is 2.12. The van der Waals surface area contributed by atoms with Crippen LogP contribution in [0.3, 0.4) is 0 Å². The number of hydrogen-bond donors (Lipinski definition) is 1. The van der Waals surface area contributed by atoms with E-state index in [1.165, 1.54) is 38.5 Å². The van der Waals surface area contributed by atoms with Crippen molar-refractivity contribution in [3.8, 4) is 0 Å². The third kappa shape index (κ3) is 3.77. The Morgan fingerprint density at radius 1 is 1.17 bits per heavy atom. The fourth-order valence-electron chi connectivity index (χ4n) is 2.72. The molecule has 1 saturated carbocycles. The molecule has 0 aromatic carbocycles. The van der Waals surface area contributed by atoms with E-state index in [0.29, 0.717) is 5.92 Å². The molecule has 3 nitrogen and oxygen atoms in total. The summed E-state index contributed by atoms with van der Waals surface area (Å²) in [6.45, 7) is 6.05. The molecule has 0 unspecified atom stereocenters. The molecule has 0 radical (unpaired) electrons. The molecule has 0 atom stereocenters. The Bertz CT molecular complexity index is 368. The van der Waals surface area contributed by atoms with Gasteiger partial charge in [-0.2, -0.15) is 0 Å². The second-order valence-corrected chi connectivity index (χ2v) is 5.33. The minimum absolute atomic E-state index is 0.591. The third-order valence-corrected chi connectivity index (χ3v) is 3.70. The quantitative estimate of drug-likeness (QED) is 0.829. The number of rotatable bonds is 4. The predicted octanol–water partition coefficient (Wildman–Crippen LogP) is 3.33. The van der Waals surface area contributed by atoms with E-state index < -0.39 is 0 Å². The number of nitrogens with one attached hydrogen (secondary N) is 1. The minimum atomic E-state index is 0.591. The van der Waals surface area contributed by atoms with Gasteiger partial charge in [0.05, 0.1) is 5.69 Å². The van der Waals surface area contributed by atoms with Crippen LogP contribution in [0.1, 0.15) is 68.6 Å². The Labute approximate surface area is 110 Å². The van der Waals surface area contributed by atoms with Crippen molar-refractivity contribution in [2.75, 3.05) is 6.54 Å². The lowest BCUT2D eigenvalue weighted by Gasteiger charge is -2.14. The van der Waals surface area contributed by atoms with Crippen LogP contribution in [-0.2, 0) is 6.54 Å². The van der Waals surface area contributed by atoms with Gasteiger partial charge in [-0.3, -0.25) is 0 Å². The van der Waals surface area contributed by atoms with Gasteiger partial charge in [-0.25, -0.2) is 9.97 Å². The zero-order chi connectivity index (χ0) is 12.8. The summed E-state index contributed by atoms with van der Waals surface area (Å²) >= 11 is 0. The summed E-state index contributed by atoms with van der Waals surface area (Å²) < 4.78 is 0. The topological polar surface area (TPSA) is 37.8 Å². The molecule has 1 aromatic rings. The van der Waals surface area contributed by atoms with E-state index in [-0.39, 0.29) is 0 Å². The van der Waals surface area contributed by atoms with Crippen LogP contribution in [0, 0.1) is 6.92 Å². The maximum absolute atomic E-state index is 4.76. The first kappa shape index (κ1) is 13.5. The molecule has 0 aliphatic heterocycles. The van der Waals surface area contributed by atoms with Crippen molar-refractivity contribution in [3.63, 3.8) is 0 Å². The molecule has 1 fully saturated rings. The Morgan fingerprint density at radius 3 is 2.56 bits per heavy atom. The zero-order valence-electron chi connectivity index (χ0n) is 11.7. The Morgan fingerprint density at radius 2 is 1.89 bits per heavy atom. The van der Waals surface area contributed by atoms with Crippen LogP contribution in [0.4, 0.5) is 0 Å². The van der Waals surface area contributed by atoms with Crippen LogP contribution in [0.5, 0.6) is 0 Å². The van der Waals surface area contributed by atoms with Gasteiger partial charge in [0.25, 0.3) is 0 Å². The van der Waals surface area contributed by atoms with Gasteiger partial charge in [-0.15, -0.1) is 0 Å². The molecule has 2 rings (SSSR count).